The first-order valence-corrected chi connectivity index (χ1v) is 7.05. The molecule has 0 N–H and O–H groups in total. The van der Waals surface area contributed by atoms with Crippen molar-refractivity contribution in [3.63, 3.8) is 0 Å². The zero-order chi connectivity index (χ0) is 14.3. The fourth-order valence-corrected chi connectivity index (χ4v) is 2.10. The van der Waals surface area contributed by atoms with Crippen LogP contribution in [-0.4, -0.2) is 5.12 Å². The molecule has 0 spiro atoms. The minimum atomic E-state index is -0.161. The summed E-state index contributed by atoms with van der Waals surface area (Å²) in [5.74, 6) is 0. The van der Waals surface area contributed by atoms with Crippen molar-refractivity contribution >= 4 is 17.7 Å². The van der Waals surface area contributed by atoms with Gasteiger partial charge in [-0.15, -0.1) is 12.6 Å². The molecule has 0 saturated carbocycles. The summed E-state index contributed by atoms with van der Waals surface area (Å²) in [5.41, 5.74) is 4.47. The van der Waals surface area contributed by atoms with Gasteiger partial charge < -0.3 is 0 Å². The first kappa shape index (κ1) is 15.8. The SMILES string of the molecule is CC(C)=CCC/C(C)=C/Cc1ccccc1C(=O)S. The minimum Gasteiger partial charge on any atom is -0.282 e. The minimum absolute atomic E-state index is 0.161. The summed E-state index contributed by atoms with van der Waals surface area (Å²) in [6, 6.07) is 7.65. The predicted octanol–water partition coefficient (Wildman–Crippen LogP) is 4.99. The number of benzene rings is 1. The van der Waals surface area contributed by atoms with Gasteiger partial charge in [0, 0.05) is 5.56 Å². The van der Waals surface area contributed by atoms with Crippen molar-refractivity contribution < 1.29 is 4.79 Å². The molecule has 0 amide bonds. The van der Waals surface area contributed by atoms with Crippen LogP contribution in [0.4, 0.5) is 0 Å². The Kier molecular flexibility index (Phi) is 6.65. The van der Waals surface area contributed by atoms with Gasteiger partial charge in [-0.05, 0) is 45.6 Å². The summed E-state index contributed by atoms with van der Waals surface area (Å²) < 4.78 is 0. The van der Waals surface area contributed by atoms with Gasteiger partial charge in [0.05, 0.1) is 0 Å². The van der Waals surface area contributed by atoms with E-state index in [4.69, 9.17) is 0 Å². The van der Waals surface area contributed by atoms with Crippen LogP contribution >= 0.6 is 12.6 Å². The second-order valence-electron chi connectivity index (χ2n) is 5.04. The average molecular weight is 274 g/mol. The second kappa shape index (κ2) is 8.00. The molecule has 0 unspecified atom stereocenters. The van der Waals surface area contributed by atoms with E-state index < -0.39 is 0 Å². The molecule has 2 heteroatoms. The van der Waals surface area contributed by atoms with Crippen molar-refractivity contribution in [2.24, 2.45) is 0 Å². The number of rotatable bonds is 6. The molecule has 0 aliphatic rings. The van der Waals surface area contributed by atoms with Crippen molar-refractivity contribution in [2.45, 2.75) is 40.0 Å². The Morgan fingerprint density at radius 1 is 1.16 bits per heavy atom. The largest absolute Gasteiger partial charge is 0.282 e. The van der Waals surface area contributed by atoms with Gasteiger partial charge in [-0.2, -0.15) is 0 Å². The zero-order valence-corrected chi connectivity index (χ0v) is 12.8. The highest BCUT2D eigenvalue weighted by molar-refractivity contribution is 7.97. The molecule has 1 rings (SSSR count). The normalized spacial score (nSPS) is 11.3. The number of hydrogen-bond acceptors (Lipinski definition) is 1. The molecule has 0 radical (unpaired) electrons. The third-order valence-electron chi connectivity index (χ3n) is 3.01. The van der Waals surface area contributed by atoms with Crippen LogP contribution in [0.1, 0.15) is 49.5 Å². The van der Waals surface area contributed by atoms with Crippen LogP contribution in [-0.2, 0) is 6.42 Å². The van der Waals surface area contributed by atoms with E-state index in [1.54, 1.807) is 0 Å². The molecule has 0 saturated heterocycles. The van der Waals surface area contributed by atoms with Crippen molar-refractivity contribution in [3.8, 4) is 0 Å². The first-order chi connectivity index (χ1) is 9.00. The molecule has 1 aromatic carbocycles. The molecule has 0 heterocycles. The molecule has 1 nitrogen and oxygen atoms in total. The lowest BCUT2D eigenvalue weighted by Crippen LogP contribution is -1.96. The fourth-order valence-electron chi connectivity index (χ4n) is 1.88. The molecule has 0 fully saturated rings. The van der Waals surface area contributed by atoms with E-state index in [0.29, 0.717) is 5.56 Å². The number of hydrogen-bond donors (Lipinski definition) is 1. The summed E-state index contributed by atoms with van der Waals surface area (Å²) >= 11 is 3.91. The molecule has 0 bridgehead atoms. The van der Waals surface area contributed by atoms with Crippen LogP contribution in [0.25, 0.3) is 0 Å². The van der Waals surface area contributed by atoms with Crippen molar-refractivity contribution in [2.75, 3.05) is 0 Å². The Balaban J connectivity index is 2.65. The summed E-state index contributed by atoms with van der Waals surface area (Å²) in [6.45, 7) is 6.38. The summed E-state index contributed by atoms with van der Waals surface area (Å²) in [5, 5.41) is -0.161. The standard InChI is InChI=1S/C17H22OS/c1-13(2)7-6-8-14(3)11-12-15-9-4-5-10-16(15)17(18)19/h4-5,7,9-11H,6,8,12H2,1-3H3,(H,18,19)/b14-11+. The third-order valence-corrected chi connectivity index (χ3v) is 3.25. The summed E-state index contributed by atoms with van der Waals surface area (Å²) in [7, 11) is 0. The van der Waals surface area contributed by atoms with Crippen LogP contribution in [0.5, 0.6) is 0 Å². The van der Waals surface area contributed by atoms with E-state index in [-0.39, 0.29) is 5.12 Å². The van der Waals surface area contributed by atoms with Gasteiger partial charge in [-0.25, -0.2) is 0 Å². The third kappa shape index (κ3) is 5.93. The highest BCUT2D eigenvalue weighted by atomic mass is 32.1. The Labute approximate surface area is 121 Å². The maximum Gasteiger partial charge on any atom is 0.216 e. The lowest BCUT2D eigenvalue weighted by atomic mass is 10.0. The summed E-state index contributed by atoms with van der Waals surface area (Å²) in [6.07, 6.45) is 7.40. The highest BCUT2D eigenvalue weighted by Gasteiger charge is 2.05. The predicted molar refractivity (Wildman–Crippen MR) is 85.9 cm³/mol. The maximum absolute atomic E-state index is 11.4. The van der Waals surface area contributed by atoms with E-state index in [2.05, 4.69) is 45.6 Å². The van der Waals surface area contributed by atoms with Gasteiger partial charge in [0.15, 0.2) is 0 Å². The van der Waals surface area contributed by atoms with Crippen LogP contribution in [0, 0.1) is 0 Å². The van der Waals surface area contributed by atoms with E-state index in [1.807, 2.05) is 24.3 Å². The summed E-state index contributed by atoms with van der Waals surface area (Å²) in [4.78, 5) is 11.4. The van der Waals surface area contributed by atoms with Gasteiger partial charge in [0.1, 0.15) is 0 Å². The zero-order valence-electron chi connectivity index (χ0n) is 11.9. The maximum atomic E-state index is 11.4. The lowest BCUT2D eigenvalue weighted by molar-refractivity contribution is 0.109. The van der Waals surface area contributed by atoms with Crippen LogP contribution in [0.2, 0.25) is 0 Å². The van der Waals surface area contributed by atoms with Gasteiger partial charge in [0.2, 0.25) is 5.12 Å². The Morgan fingerprint density at radius 2 is 1.84 bits per heavy atom. The van der Waals surface area contributed by atoms with E-state index >= 15 is 0 Å². The molecule has 0 aromatic heterocycles. The van der Waals surface area contributed by atoms with Crippen molar-refractivity contribution in [1.29, 1.82) is 0 Å². The van der Waals surface area contributed by atoms with Crippen LogP contribution in [0.15, 0.2) is 47.6 Å². The van der Waals surface area contributed by atoms with Gasteiger partial charge in [-0.1, -0.05) is 47.6 Å². The first-order valence-electron chi connectivity index (χ1n) is 6.61. The molecular formula is C17H22OS. The molecular weight excluding hydrogens is 252 g/mol. The quantitative estimate of drug-likeness (QED) is 0.571. The molecule has 0 atom stereocenters. The molecule has 19 heavy (non-hydrogen) atoms. The number of carbonyl (C=O) groups excluding carboxylic acids is 1. The second-order valence-corrected chi connectivity index (χ2v) is 5.44. The van der Waals surface area contributed by atoms with E-state index in [0.717, 1.165) is 24.8 Å². The molecule has 0 aliphatic heterocycles. The van der Waals surface area contributed by atoms with Crippen LogP contribution in [0.3, 0.4) is 0 Å². The number of allylic oxidation sites excluding steroid dienone is 4. The van der Waals surface area contributed by atoms with E-state index in [9.17, 15) is 4.79 Å². The van der Waals surface area contributed by atoms with Gasteiger partial charge >= 0.3 is 0 Å². The van der Waals surface area contributed by atoms with Crippen molar-refractivity contribution in [1.82, 2.24) is 0 Å². The number of thiol groups is 1. The molecule has 0 aliphatic carbocycles. The van der Waals surface area contributed by atoms with Crippen LogP contribution < -0.4 is 0 Å². The van der Waals surface area contributed by atoms with Gasteiger partial charge in [0.25, 0.3) is 0 Å². The topological polar surface area (TPSA) is 17.1 Å². The van der Waals surface area contributed by atoms with Gasteiger partial charge in [-0.3, -0.25) is 4.79 Å². The number of carbonyl (C=O) groups is 1. The monoisotopic (exact) mass is 274 g/mol. The fraction of sp³-hybridized carbons (Fsp3) is 0.353. The lowest BCUT2D eigenvalue weighted by Gasteiger charge is -2.04. The highest BCUT2D eigenvalue weighted by Crippen LogP contribution is 2.14. The van der Waals surface area contributed by atoms with Crippen molar-refractivity contribution in [3.05, 3.63) is 58.7 Å². The Hall–Kier alpha value is -1.28. The molecule has 1 aromatic rings. The van der Waals surface area contributed by atoms with E-state index in [1.165, 1.54) is 11.1 Å². The Bertz CT molecular complexity index is 494. The average Bonchev–Trinajstić information content (AvgIpc) is 2.36. The molecule has 102 valence electrons. The smallest absolute Gasteiger partial charge is 0.216 e. The Morgan fingerprint density at radius 3 is 2.47 bits per heavy atom.